The van der Waals surface area contributed by atoms with E-state index >= 15 is 0 Å². The SMILES string of the molecule is Nc1cccc(NC(=O)c2ccc(O)cc2)c1. The fourth-order valence-electron chi connectivity index (χ4n) is 1.43. The molecule has 0 aromatic heterocycles. The minimum absolute atomic E-state index is 0.130. The van der Waals surface area contributed by atoms with Crippen LogP contribution >= 0.6 is 0 Å². The van der Waals surface area contributed by atoms with Crippen LogP contribution in [0.3, 0.4) is 0 Å². The van der Waals surface area contributed by atoms with Gasteiger partial charge in [0.2, 0.25) is 0 Å². The van der Waals surface area contributed by atoms with Crippen molar-refractivity contribution in [1.29, 1.82) is 0 Å². The summed E-state index contributed by atoms with van der Waals surface area (Å²) in [7, 11) is 0. The molecule has 4 heteroatoms. The van der Waals surface area contributed by atoms with Crippen LogP contribution in [0.2, 0.25) is 0 Å². The highest BCUT2D eigenvalue weighted by atomic mass is 16.3. The van der Waals surface area contributed by atoms with E-state index < -0.39 is 0 Å². The number of nitrogen functional groups attached to an aromatic ring is 1. The molecule has 0 bridgehead atoms. The van der Waals surface area contributed by atoms with Crippen molar-refractivity contribution in [2.24, 2.45) is 0 Å². The molecule has 2 aromatic rings. The summed E-state index contributed by atoms with van der Waals surface area (Å²) in [6.07, 6.45) is 0. The average molecular weight is 228 g/mol. The van der Waals surface area contributed by atoms with Crippen LogP contribution in [0.5, 0.6) is 5.75 Å². The Labute approximate surface area is 98.7 Å². The van der Waals surface area contributed by atoms with Crippen LogP contribution in [0, 0.1) is 0 Å². The van der Waals surface area contributed by atoms with Gasteiger partial charge in [-0.15, -0.1) is 0 Å². The van der Waals surface area contributed by atoms with Crippen LogP contribution in [0.1, 0.15) is 10.4 Å². The highest BCUT2D eigenvalue weighted by molar-refractivity contribution is 6.04. The van der Waals surface area contributed by atoms with Crippen LogP contribution in [0.15, 0.2) is 48.5 Å². The van der Waals surface area contributed by atoms with Gasteiger partial charge in [-0.2, -0.15) is 0 Å². The van der Waals surface area contributed by atoms with Crippen molar-refractivity contribution in [3.8, 4) is 5.75 Å². The zero-order chi connectivity index (χ0) is 12.3. The van der Waals surface area contributed by atoms with Crippen molar-refractivity contribution in [1.82, 2.24) is 0 Å². The van der Waals surface area contributed by atoms with Gasteiger partial charge >= 0.3 is 0 Å². The number of nitrogens with two attached hydrogens (primary N) is 1. The molecular weight excluding hydrogens is 216 g/mol. The first kappa shape index (κ1) is 11.0. The Morgan fingerprint density at radius 1 is 1.12 bits per heavy atom. The Kier molecular flexibility index (Phi) is 2.96. The largest absolute Gasteiger partial charge is 0.508 e. The van der Waals surface area contributed by atoms with Gasteiger partial charge in [0.15, 0.2) is 0 Å². The molecule has 86 valence electrons. The topological polar surface area (TPSA) is 75.3 Å². The van der Waals surface area contributed by atoms with Crippen molar-refractivity contribution in [3.05, 3.63) is 54.1 Å². The molecule has 0 aliphatic carbocycles. The molecule has 2 rings (SSSR count). The van der Waals surface area contributed by atoms with Crippen LogP contribution in [0.25, 0.3) is 0 Å². The zero-order valence-electron chi connectivity index (χ0n) is 9.05. The van der Waals surface area contributed by atoms with Crippen molar-refractivity contribution in [3.63, 3.8) is 0 Å². The van der Waals surface area contributed by atoms with E-state index in [2.05, 4.69) is 5.32 Å². The second-order valence-corrected chi connectivity index (χ2v) is 3.63. The normalized spacial score (nSPS) is 9.88. The standard InChI is InChI=1S/C13H12N2O2/c14-10-2-1-3-11(8-10)15-13(17)9-4-6-12(16)7-5-9/h1-8,16H,14H2,(H,15,17). The number of carbonyl (C=O) groups is 1. The molecule has 0 spiro atoms. The minimum Gasteiger partial charge on any atom is -0.508 e. The number of carbonyl (C=O) groups excluding carboxylic acids is 1. The van der Waals surface area contributed by atoms with Crippen LogP contribution in [-0.2, 0) is 0 Å². The summed E-state index contributed by atoms with van der Waals surface area (Å²) < 4.78 is 0. The van der Waals surface area contributed by atoms with Gasteiger partial charge in [0.1, 0.15) is 5.75 Å². The Morgan fingerprint density at radius 3 is 2.47 bits per heavy atom. The second-order valence-electron chi connectivity index (χ2n) is 3.63. The lowest BCUT2D eigenvalue weighted by Crippen LogP contribution is -2.11. The summed E-state index contributed by atoms with van der Waals surface area (Å²) >= 11 is 0. The molecule has 0 radical (unpaired) electrons. The van der Waals surface area contributed by atoms with E-state index in [4.69, 9.17) is 10.8 Å². The van der Waals surface area contributed by atoms with Gasteiger partial charge in [-0.25, -0.2) is 0 Å². The maximum Gasteiger partial charge on any atom is 0.255 e. The number of phenolic OH excluding ortho intramolecular Hbond substituents is 1. The molecule has 0 fully saturated rings. The molecule has 4 N–H and O–H groups in total. The zero-order valence-corrected chi connectivity index (χ0v) is 9.05. The van der Waals surface area contributed by atoms with Crippen molar-refractivity contribution in [2.45, 2.75) is 0 Å². The number of hydrogen-bond donors (Lipinski definition) is 3. The third-order valence-electron chi connectivity index (χ3n) is 2.27. The predicted molar refractivity (Wildman–Crippen MR) is 66.9 cm³/mol. The predicted octanol–water partition coefficient (Wildman–Crippen LogP) is 2.23. The van der Waals surface area contributed by atoms with E-state index in [9.17, 15) is 4.79 Å². The van der Waals surface area contributed by atoms with Crippen molar-refractivity contribution >= 4 is 17.3 Å². The number of rotatable bonds is 2. The van der Waals surface area contributed by atoms with E-state index in [1.54, 1.807) is 36.4 Å². The fraction of sp³-hybridized carbons (Fsp3) is 0. The maximum atomic E-state index is 11.8. The number of nitrogens with one attached hydrogen (secondary N) is 1. The quantitative estimate of drug-likeness (QED) is 0.690. The van der Waals surface area contributed by atoms with Crippen LogP contribution in [-0.4, -0.2) is 11.0 Å². The van der Waals surface area contributed by atoms with E-state index in [1.807, 2.05) is 0 Å². The lowest BCUT2D eigenvalue weighted by Gasteiger charge is -2.05. The summed E-state index contributed by atoms with van der Waals surface area (Å²) in [4.78, 5) is 11.8. The molecular formula is C13H12N2O2. The van der Waals surface area contributed by atoms with E-state index in [1.165, 1.54) is 12.1 Å². The van der Waals surface area contributed by atoms with Gasteiger partial charge in [0.05, 0.1) is 0 Å². The van der Waals surface area contributed by atoms with Gasteiger partial charge in [0, 0.05) is 16.9 Å². The van der Waals surface area contributed by atoms with Gasteiger partial charge in [-0.3, -0.25) is 4.79 Å². The summed E-state index contributed by atoms with van der Waals surface area (Å²) in [5, 5.41) is 11.8. The van der Waals surface area contributed by atoms with E-state index in [0.717, 1.165) is 0 Å². The van der Waals surface area contributed by atoms with Gasteiger partial charge < -0.3 is 16.2 Å². The summed E-state index contributed by atoms with van der Waals surface area (Å²) in [6, 6.07) is 13.0. The Hall–Kier alpha value is -2.49. The molecule has 2 aromatic carbocycles. The Bertz CT molecular complexity index is 535. The first-order valence-corrected chi connectivity index (χ1v) is 5.11. The Balaban J connectivity index is 2.14. The van der Waals surface area contributed by atoms with Crippen molar-refractivity contribution < 1.29 is 9.90 Å². The molecule has 0 heterocycles. The average Bonchev–Trinajstić information content (AvgIpc) is 2.29. The molecule has 0 aliphatic rings. The molecule has 17 heavy (non-hydrogen) atoms. The van der Waals surface area contributed by atoms with Crippen LogP contribution in [0.4, 0.5) is 11.4 Å². The molecule has 0 aliphatic heterocycles. The number of anilines is 2. The van der Waals surface area contributed by atoms with Gasteiger partial charge in [-0.05, 0) is 42.5 Å². The second kappa shape index (κ2) is 4.57. The summed E-state index contributed by atoms with van der Waals surface area (Å²) in [6.45, 7) is 0. The number of amides is 1. The number of aromatic hydroxyl groups is 1. The third-order valence-corrected chi connectivity index (χ3v) is 2.27. The number of phenols is 1. The van der Waals surface area contributed by atoms with E-state index in [0.29, 0.717) is 16.9 Å². The molecule has 0 atom stereocenters. The number of hydrogen-bond acceptors (Lipinski definition) is 3. The highest BCUT2D eigenvalue weighted by Crippen LogP contribution is 2.14. The smallest absolute Gasteiger partial charge is 0.255 e. The molecule has 4 nitrogen and oxygen atoms in total. The van der Waals surface area contributed by atoms with Crippen LogP contribution < -0.4 is 11.1 Å². The van der Waals surface area contributed by atoms with E-state index in [-0.39, 0.29) is 11.7 Å². The Morgan fingerprint density at radius 2 is 1.82 bits per heavy atom. The van der Waals surface area contributed by atoms with Crippen molar-refractivity contribution in [2.75, 3.05) is 11.1 Å². The van der Waals surface area contributed by atoms with Gasteiger partial charge in [-0.1, -0.05) is 6.07 Å². The highest BCUT2D eigenvalue weighted by Gasteiger charge is 2.05. The molecule has 0 unspecified atom stereocenters. The summed E-state index contributed by atoms with van der Waals surface area (Å²) in [5.41, 5.74) is 7.32. The third kappa shape index (κ3) is 2.75. The lowest BCUT2D eigenvalue weighted by molar-refractivity contribution is 0.102. The van der Waals surface area contributed by atoms with Gasteiger partial charge in [0.25, 0.3) is 5.91 Å². The maximum absolute atomic E-state index is 11.8. The first-order chi connectivity index (χ1) is 8.15. The minimum atomic E-state index is -0.240. The fourth-order valence-corrected chi connectivity index (χ4v) is 1.43. The molecule has 0 saturated carbocycles. The lowest BCUT2D eigenvalue weighted by atomic mass is 10.2. The molecule has 1 amide bonds. The summed E-state index contributed by atoms with van der Waals surface area (Å²) in [5.74, 6) is -0.110. The first-order valence-electron chi connectivity index (χ1n) is 5.11. The molecule has 0 saturated heterocycles. The number of benzene rings is 2. The monoisotopic (exact) mass is 228 g/mol.